The van der Waals surface area contributed by atoms with Gasteiger partial charge >= 0.3 is 5.91 Å². The third kappa shape index (κ3) is 2.61. The SMILES string of the molecule is O=C(NNC(=O)c1ccco1)c1ccc(=O)[nH]n1. The molecule has 2 heterocycles. The summed E-state index contributed by atoms with van der Waals surface area (Å²) in [6, 6.07) is 5.36. The van der Waals surface area contributed by atoms with Crippen molar-refractivity contribution in [3.05, 3.63) is 52.3 Å². The summed E-state index contributed by atoms with van der Waals surface area (Å²) in [5.41, 5.74) is 3.80. The van der Waals surface area contributed by atoms with Crippen molar-refractivity contribution in [1.82, 2.24) is 21.0 Å². The van der Waals surface area contributed by atoms with E-state index >= 15 is 0 Å². The standard InChI is InChI=1S/C10H8N4O4/c15-8-4-3-6(11-12-8)9(16)13-14-10(17)7-2-1-5-18-7/h1-5H,(H,12,15)(H,13,16)(H,14,17). The maximum atomic E-state index is 11.5. The van der Waals surface area contributed by atoms with Crippen LogP contribution >= 0.6 is 0 Å². The average molecular weight is 248 g/mol. The Labute approximate surface area is 100.0 Å². The molecule has 8 heteroatoms. The van der Waals surface area contributed by atoms with Gasteiger partial charge in [0.2, 0.25) is 0 Å². The van der Waals surface area contributed by atoms with Crippen LogP contribution < -0.4 is 16.4 Å². The molecule has 2 aromatic rings. The van der Waals surface area contributed by atoms with E-state index in [1.165, 1.54) is 18.4 Å². The quantitative estimate of drug-likeness (QED) is 0.616. The van der Waals surface area contributed by atoms with Crippen LogP contribution in [0.2, 0.25) is 0 Å². The minimum atomic E-state index is -0.661. The Morgan fingerprint density at radius 3 is 2.56 bits per heavy atom. The molecule has 0 unspecified atom stereocenters. The summed E-state index contributed by atoms with van der Waals surface area (Å²) in [7, 11) is 0. The number of hydrogen-bond donors (Lipinski definition) is 3. The molecule has 2 amide bonds. The largest absolute Gasteiger partial charge is 0.459 e. The molecule has 0 aromatic carbocycles. The first kappa shape index (κ1) is 11.6. The van der Waals surface area contributed by atoms with E-state index in [1.807, 2.05) is 0 Å². The van der Waals surface area contributed by atoms with Crippen molar-refractivity contribution >= 4 is 11.8 Å². The zero-order valence-electron chi connectivity index (χ0n) is 8.97. The van der Waals surface area contributed by atoms with Gasteiger partial charge in [-0.2, -0.15) is 5.10 Å². The number of amides is 2. The predicted molar refractivity (Wildman–Crippen MR) is 58.5 cm³/mol. The predicted octanol–water partition coefficient (Wildman–Crippen LogP) is -0.562. The molecule has 0 fully saturated rings. The summed E-state index contributed by atoms with van der Waals surface area (Å²) < 4.78 is 4.82. The molecule has 92 valence electrons. The summed E-state index contributed by atoms with van der Waals surface area (Å²) in [6.07, 6.45) is 1.33. The lowest BCUT2D eigenvalue weighted by atomic mass is 10.4. The summed E-state index contributed by atoms with van der Waals surface area (Å²) >= 11 is 0. The number of furan rings is 1. The number of rotatable bonds is 2. The van der Waals surface area contributed by atoms with Gasteiger partial charge in [0, 0.05) is 6.07 Å². The van der Waals surface area contributed by atoms with Crippen molar-refractivity contribution in [2.75, 3.05) is 0 Å². The molecule has 0 aliphatic carbocycles. The molecule has 0 atom stereocenters. The van der Waals surface area contributed by atoms with Gasteiger partial charge in [0.25, 0.3) is 11.5 Å². The smallest absolute Gasteiger partial charge is 0.305 e. The van der Waals surface area contributed by atoms with Gasteiger partial charge < -0.3 is 4.42 Å². The van der Waals surface area contributed by atoms with Crippen molar-refractivity contribution in [2.45, 2.75) is 0 Å². The van der Waals surface area contributed by atoms with E-state index in [2.05, 4.69) is 21.0 Å². The lowest BCUT2D eigenvalue weighted by molar-refractivity contribution is 0.0828. The summed E-state index contributed by atoms with van der Waals surface area (Å²) in [5.74, 6) is -1.20. The molecule has 0 bridgehead atoms. The van der Waals surface area contributed by atoms with Gasteiger partial charge in [0.05, 0.1) is 6.26 Å². The van der Waals surface area contributed by atoms with Gasteiger partial charge in [-0.3, -0.25) is 25.2 Å². The van der Waals surface area contributed by atoms with Crippen LogP contribution in [0, 0.1) is 0 Å². The molecule has 3 N–H and O–H groups in total. The summed E-state index contributed by atoms with van der Waals surface area (Å²) in [6.45, 7) is 0. The maximum Gasteiger partial charge on any atom is 0.305 e. The lowest BCUT2D eigenvalue weighted by Gasteiger charge is -2.04. The van der Waals surface area contributed by atoms with Crippen molar-refractivity contribution in [3.63, 3.8) is 0 Å². The first-order chi connectivity index (χ1) is 8.66. The number of H-pyrrole nitrogens is 1. The monoisotopic (exact) mass is 248 g/mol. The van der Waals surface area contributed by atoms with E-state index in [-0.39, 0.29) is 11.5 Å². The Morgan fingerprint density at radius 1 is 1.17 bits per heavy atom. The van der Waals surface area contributed by atoms with E-state index in [0.29, 0.717) is 0 Å². The lowest BCUT2D eigenvalue weighted by Crippen LogP contribution is -2.42. The highest BCUT2D eigenvalue weighted by molar-refractivity contribution is 5.96. The Morgan fingerprint density at radius 2 is 1.94 bits per heavy atom. The maximum absolute atomic E-state index is 11.5. The third-order valence-electron chi connectivity index (χ3n) is 1.95. The number of nitrogens with one attached hydrogen (secondary N) is 3. The highest BCUT2D eigenvalue weighted by atomic mass is 16.3. The van der Waals surface area contributed by atoms with E-state index in [1.54, 1.807) is 6.07 Å². The van der Waals surface area contributed by atoms with Gasteiger partial charge in [0.1, 0.15) is 0 Å². The highest BCUT2D eigenvalue weighted by Crippen LogP contribution is 1.98. The molecule has 0 saturated heterocycles. The van der Waals surface area contributed by atoms with Crippen LogP contribution in [0.25, 0.3) is 0 Å². The molecule has 8 nitrogen and oxygen atoms in total. The fourth-order valence-electron chi connectivity index (χ4n) is 1.12. The molecule has 0 aliphatic rings. The number of aromatic nitrogens is 2. The van der Waals surface area contributed by atoms with Crippen molar-refractivity contribution in [3.8, 4) is 0 Å². The first-order valence-electron chi connectivity index (χ1n) is 4.87. The third-order valence-corrected chi connectivity index (χ3v) is 1.95. The number of hydrogen-bond acceptors (Lipinski definition) is 5. The first-order valence-corrected chi connectivity index (χ1v) is 4.87. The van der Waals surface area contributed by atoms with Crippen molar-refractivity contribution in [2.24, 2.45) is 0 Å². The zero-order chi connectivity index (χ0) is 13.0. The van der Waals surface area contributed by atoms with E-state index in [9.17, 15) is 14.4 Å². The number of hydrazine groups is 1. The number of aromatic amines is 1. The molecule has 2 rings (SSSR count). The number of carbonyl (C=O) groups excluding carboxylic acids is 2. The van der Waals surface area contributed by atoms with Gasteiger partial charge in [0.15, 0.2) is 11.5 Å². The van der Waals surface area contributed by atoms with E-state index in [0.717, 1.165) is 6.07 Å². The molecule has 2 aromatic heterocycles. The molecular formula is C10H8N4O4. The fraction of sp³-hybridized carbons (Fsp3) is 0. The van der Waals surface area contributed by atoms with Crippen LogP contribution in [-0.4, -0.2) is 22.0 Å². The van der Waals surface area contributed by atoms with Crippen molar-refractivity contribution in [1.29, 1.82) is 0 Å². The Balaban J connectivity index is 1.94. The minimum absolute atomic E-state index is 0.0330. The minimum Gasteiger partial charge on any atom is -0.459 e. The average Bonchev–Trinajstić information content (AvgIpc) is 2.90. The topological polar surface area (TPSA) is 117 Å². The molecule has 0 saturated carbocycles. The second-order valence-electron chi connectivity index (χ2n) is 3.19. The molecule has 18 heavy (non-hydrogen) atoms. The Kier molecular flexibility index (Phi) is 3.19. The normalized spacial score (nSPS) is 9.78. The molecule has 0 spiro atoms. The highest BCUT2D eigenvalue weighted by Gasteiger charge is 2.11. The zero-order valence-corrected chi connectivity index (χ0v) is 8.97. The second kappa shape index (κ2) is 4.95. The fourth-order valence-corrected chi connectivity index (χ4v) is 1.12. The van der Waals surface area contributed by atoms with E-state index in [4.69, 9.17) is 4.42 Å². The number of carbonyl (C=O) groups is 2. The molecular weight excluding hydrogens is 240 g/mol. The number of nitrogens with zero attached hydrogens (tertiary/aromatic N) is 1. The van der Waals surface area contributed by atoms with Gasteiger partial charge in [-0.1, -0.05) is 0 Å². The van der Waals surface area contributed by atoms with E-state index < -0.39 is 17.4 Å². The molecule has 0 radical (unpaired) electrons. The van der Waals surface area contributed by atoms with Gasteiger partial charge in [-0.15, -0.1) is 0 Å². The molecule has 0 aliphatic heterocycles. The Hall–Kier alpha value is -2.90. The van der Waals surface area contributed by atoms with Crippen LogP contribution in [0.3, 0.4) is 0 Å². The van der Waals surface area contributed by atoms with Crippen molar-refractivity contribution < 1.29 is 14.0 Å². The van der Waals surface area contributed by atoms with Crippen LogP contribution in [0.5, 0.6) is 0 Å². The van der Waals surface area contributed by atoms with Gasteiger partial charge in [-0.25, -0.2) is 5.10 Å². The van der Waals surface area contributed by atoms with Crippen LogP contribution in [0.4, 0.5) is 0 Å². The van der Waals surface area contributed by atoms with Crippen LogP contribution in [0.1, 0.15) is 21.0 Å². The summed E-state index contributed by atoms with van der Waals surface area (Å²) in [4.78, 5) is 33.6. The second-order valence-corrected chi connectivity index (χ2v) is 3.19. The Bertz CT molecular complexity index is 597. The van der Waals surface area contributed by atoms with Crippen LogP contribution in [0.15, 0.2) is 39.7 Å². The summed E-state index contributed by atoms with van der Waals surface area (Å²) in [5, 5.41) is 5.59. The van der Waals surface area contributed by atoms with Crippen LogP contribution in [-0.2, 0) is 0 Å². The van der Waals surface area contributed by atoms with Gasteiger partial charge in [-0.05, 0) is 18.2 Å².